The van der Waals surface area contributed by atoms with Gasteiger partial charge in [0.15, 0.2) is 0 Å². The molecule has 0 atom stereocenters. The van der Waals surface area contributed by atoms with Gasteiger partial charge >= 0.3 is 0 Å². The third kappa shape index (κ3) is 4.86. The highest BCUT2D eigenvalue weighted by Gasteiger charge is 2.29. The zero-order valence-corrected chi connectivity index (χ0v) is 18.2. The minimum Gasteiger partial charge on any atom is -0.495 e. The van der Waals surface area contributed by atoms with Crippen LogP contribution in [0.25, 0.3) is 0 Å². The maximum atomic E-state index is 13.4. The summed E-state index contributed by atoms with van der Waals surface area (Å²) in [5.41, 5.74) is 0.814. The van der Waals surface area contributed by atoms with E-state index >= 15 is 0 Å². The van der Waals surface area contributed by atoms with E-state index in [1.807, 2.05) is 0 Å². The van der Waals surface area contributed by atoms with Crippen molar-refractivity contribution in [1.29, 1.82) is 0 Å². The van der Waals surface area contributed by atoms with Gasteiger partial charge in [0.1, 0.15) is 12.3 Å². The van der Waals surface area contributed by atoms with Crippen molar-refractivity contribution < 1.29 is 22.9 Å². The smallest absolute Gasteiger partial charge is 0.271 e. The van der Waals surface area contributed by atoms with Crippen LogP contribution in [0, 0.1) is 17.0 Å². The van der Waals surface area contributed by atoms with E-state index in [9.17, 15) is 23.3 Å². The van der Waals surface area contributed by atoms with Crippen molar-refractivity contribution in [2.45, 2.75) is 11.8 Å². The van der Waals surface area contributed by atoms with Crippen LogP contribution in [0.4, 0.5) is 17.1 Å². The fourth-order valence-corrected chi connectivity index (χ4v) is 4.49. The lowest BCUT2D eigenvalue weighted by molar-refractivity contribution is -0.384. The topological polar surface area (TPSA) is 119 Å². The first kappa shape index (κ1) is 22.8. The Labute approximate surface area is 185 Å². The van der Waals surface area contributed by atoms with Crippen LogP contribution in [0.1, 0.15) is 5.56 Å². The summed E-state index contributed by atoms with van der Waals surface area (Å²) in [5, 5.41) is 13.6. The molecule has 3 aromatic carbocycles. The molecule has 3 rings (SSSR count). The largest absolute Gasteiger partial charge is 0.495 e. The van der Waals surface area contributed by atoms with Gasteiger partial charge in [-0.2, -0.15) is 0 Å². The summed E-state index contributed by atoms with van der Waals surface area (Å²) in [6.45, 7) is 1.11. The maximum Gasteiger partial charge on any atom is 0.271 e. The summed E-state index contributed by atoms with van der Waals surface area (Å²) in [7, 11) is -2.72. The normalized spacial score (nSPS) is 10.9. The van der Waals surface area contributed by atoms with Crippen molar-refractivity contribution in [3.05, 3.63) is 88.5 Å². The summed E-state index contributed by atoms with van der Waals surface area (Å²) >= 11 is 0. The molecule has 0 saturated heterocycles. The second-order valence-electron chi connectivity index (χ2n) is 6.80. The standard InChI is InChI=1S/C22H21N3O6S/c1-16-12-13-17(25(27)28)14-19(16)23-22(26)15-24(20-10-6-7-11-21(20)31-2)32(29,30)18-8-4-3-5-9-18/h3-14H,15H2,1-2H3,(H,23,26). The number of nitrogens with zero attached hydrogens (tertiary/aromatic N) is 2. The van der Waals surface area contributed by atoms with Gasteiger partial charge < -0.3 is 10.1 Å². The number of nitro benzene ring substituents is 1. The van der Waals surface area contributed by atoms with Gasteiger partial charge in [0, 0.05) is 12.1 Å². The minimum absolute atomic E-state index is 0.00485. The first-order valence-corrected chi connectivity index (χ1v) is 10.9. The quantitative estimate of drug-likeness (QED) is 0.408. The number of methoxy groups -OCH3 is 1. The first-order valence-electron chi connectivity index (χ1n) is 9.49. The van der Waals surface area contributed by atoms with E-state index < -0.39 is 27.4 Å². The molecule has 0 spiro atoms. The van der Waals surface area contributed by atoms with Gasteiger partial charge in [-0.25, -0.2) is 8.42 Å². The van der Waals surface area contributed by atoms with Gasteiger partial charge in [-0.05, 0) is 36.8 Å². The molecule has 10 heteroatoms. The molecule has 0 unspecified atom stereocenters. The van der Waals surface area contributed by atoms with Crippen LogP contribution in [0.15, 0.2) is 77.7 Å². The first-order chi connectivity index (χ1) is 15.2. The molecule has 166 valence electrons. The zero-order chi connectivity index (χ0) is 23.3. The molecule has 9 nitrogen and oxygen atoms in total. The number of nitrogens with one attached hydrogen (secondary N) is 1. The summed E-state index contributed by atoms with van der Waals surface area (Å²) < 4.78 is 33.1. The molecule has 0 aromatic heterocycles. The number of hydrogen-bond donors (Lipinski definition) is 1. The Bertz CT molecular complexity index is 1250. The molecule has 0 fully saturated rings. The Kier molecular flexibility index (Phi) is 6.74. The van der Waals surface area contributed by atoms with E-state index in [0.29, 0.717) is 5.56 Å². The molecule has 0 bridgehead atoms. The number of carbonyl (C=O) groups is 1. The molecular formula is C22H21N3O6S. The van der Waals surface area contributed by atoms with E-state index in [1.54, 1.807) is 43.3 Å². The lowest BCUT2D eigenvalue weighted by Crippen LogP contribution is -2.38. The molecule has 32 heavy (non-hydrogen) atoms. The number of anilines is 2. The minimum atomic E-state index is -4.12. The molecule has 1 amide bonds. The molecule has 0 aliphatic heterocycles. The van der Waals surface area contributed by atoms with Crippen LogP contribution in [0.3, 0.4) is 0 Å². The van der Waals surface area contributed by atoms with Gasteiger partial charge in [0.25, 0.3) is 15.7 Å². The molecule has 0 aliphatic carbocycles. The van der Waals surface area contributed by atoms with Crippen LogP contribution >= 0.6 is 0 Å². The average molecular weight is 455 g/mol. The Hall–Kier alpha value is -3.92. The van der Waals surface area contributed by atoms with Gasteiger partial charge in [0.05, 0.1) is 28.3 Å². The summed E-state index contributed by atoms with van der Waals surface area (Å²) in [5.74, 6) is -0.398. The maximum absolute atomic E-state index is 13.4. The van der Waals surface area contributed by atoms with Gasteiger partial charge in [0.2, 0.25) is 5.91 Å². The second-order valence-corrected chi connectivity index (χ2v) is 8.66. The van der Waals surface area contributed by atoms with Crippen molar-refractivity contribution >= 4 is 33.0 Å². The SMILES string of the molecule is COc1ccccc1N(CC(=O)Nc1cc([N+](=O)[O-])ccc1C)S(=O)(=O)c1ccccc1. The van der Waals surface area contributed by atoms with Crippen molar-refractivity contribution in [3.63, 3.8) is 0 Å². The number of sulfonamides is 1. The third-order valence-corrected chi connectivity index (χ3v) is 6.45. The molecular weight excluding hydrogens is 434 g/mol. The van der Waals surface area contributed by atoms with Crippen molar-refractivity contribution in [2.75, 3.05) is 23.3 Å². The molecule has 0 heterocycles. The predicted octanol–water partition coefficient (Wildman–Crippen LogP) is 3.75. The van der Waals surface area contributed by atoms with Crippen molar-refractivity contribution in [3.8, 4) is 5.75 Å². The number of amides is 1. The highest BCUT2D eigenvalue weighted by atomic mass is 32.2. The number of nitro groups is 1. The fourth-order valence-electron chi connectivity index (χ4n) is 3.03. The second kappa shape index (κ2) is 9.48. The van der Waals surface area contributed by atoms with E-state index in [2.05, 4.69) is 5.32 Å². The highest BCUT2D eigenvalue weighted by molar-refractivity contribution is 7.92. The van der Waals surface area contributed by atoms with Gasteiger partial charge in [-0.3, -0.25) is 19.2 Å². The Morgan fingerprint density at radius 2 is 1.72 bits per heavy atom. The van der Waals surface area contributed by atoms with E-state index in [0.717, 1.165) is 4.31 Å². The van der Waals surface area contributed by atoms with E-state index in [1.165, 1.54) is 43.5 Å². The summed E-state index contributed by atoms with van der Waals surface area (Å²) in [6, 6.07) is 18.2. The van der Waals surface area contributed by atoms with Crippen molar-refractivity contribution in [1.82, 2.24) is 0 Å². The van der Waals surface area contributed by atoms with Crippen LogP contribution in [0.2, 0.25) is 0 Å². The van der Waals surface area contributed by atoms with Gasteiger partial charge in [-0.15, -0.1) is 0 Å². The lowest BCUT2D eigenvalue weighted by atomic mass is 10.2. The Balaban J connectivity index is 1.99. The van der Waals surface area contributed by atoms with E-state index in [-0.39, 0.29) is 27.7 Å². The number of benzene rings is 3. The summed E-state index contributed by atoms with van der Waals surface area (Å²) in [6.07, 6.45) is 0. The number of ether oxygens (including phenoxy) is 1. The van der Waals surface area contributed by atoms with Crippen molar-refractivity contribution in [2.24, 2.45) is 0 Å². The molecule has 1 N–H and O–H groups in total. The summed E-state index contributed by atoms with van der Waals surface area (Å²) in [4.78, 5) is 23.4. The lowest BCUT2D eigenvalue weighted by Gasteiger charge is -2.25. The third-order valence-electron chi connectivity index (χ3n) is 4.68. The van der Waals surface area contributed by atoms with Crippen LogP contribution in [0.5, 0.6) is 5.75 Å². The number of carbonyl (C=O) groups excluding carboxylic acids is 1. The number of para-hydroxylation sites is 2. The fraction of sp³-hybridized carbons (Fsp3) is 0.136. The Morgan fingerprint density at radius 3 is 2.38 bits per heavy atom. The number of hydrogen-bond acceptors (Lipinski definition) is 6. The van der Waals surface area contributed by atoms with Crippen LogP contribution < -0.4 is 14.4 Å². The number of aryl methyl sites for hydroxylation is 1. The monoisotopic (exact) mass is 455 g/mol. The predicted molar refractivity (Wildman–Crippen MR) is 120 cm³/mol. The number of non-ortho nitro benzene ring substituents is 1. The van der Waals surface area contributed by atoms with E-state index in [4.69, 9.17) is 4.74 Å². The number of rotatable bonds is 8. The van der Waals surface area contributed by atoms with Crippen LogP contribution in [-0.4, -0.2) is 32.9 Å². The molecule has 0 aliphatic rings. The molecule has 0 radical (unpaired) electrons. The highest BCUT2D eigenvalue weighted by Crippen LogP contribution is 2.32. The molecule has 3 aromatic rings. The molecule has 0 saturated carbocycles. The zero-order valence-electron chi connectivity index (χ0n) is 17.4. The van der Waals surface area contributed by atoms with Crippen LogP contribution in [-0.2, 0) is 14.8 Å². The average Bonchev–Trinajstić information content (AvgIpc) is 2.79. The Morgan fingerprint density at radius 1 is 1.06 bits per heavy atom. The van der Waals surface area contributed by atoms with Gasteiger partial charge in [-0.1, -0.05) is 36.4 Å².